The summed E-state index contributed by atoms with van der Waals surface area (Å²) in [7, 11) is 3.35. The molecule has 0 aliphatic carbocycles. The van der Waals surface area contributed by atoms with Crippen molar-refractivity contribution in [2.24, 2.45) is 12.5 Å². The molecule has 1 N–H and O–H groups in total. The van der Waals surface area contributed by atoms with Crippen LogP contribution >= 0.6 is 0 Å². The van der Waals surface area contributed by atoms with Crippen LogP contribution in [0.3, 0.4) is 0 Å². The lowest BCUT2D eigenvalue weighted by Crippen LogP contribution is -2.50. The van der Waals surface area contributed by atoms with Gasteiger partial charge in [-0.3, -0.25) is 14.3 Å². The fourth-order valence-electron chi connectivity index (χ4n) is 3.06. The smallest absolute Gasteiger partial charge is 0.311 e. The summed E-state index contributed by atoms with van der Waals surface area (Å²) in [4.78, 5) is 25.9. The summed E-state index contributed by atoms with van der Waals surface area (Å²) < 4.78 is 6.59. The van der Waals surface area contributed by atoms with Crippen molar-refractivity contribution < 1.29 is 19.4 Å². The van der Waals surface area contributed by atoms with Gasteiger partial charge in [0.25, 0.3) is 5.91 Å². The lowest BCUT2D eigenvalue weighted by atomic mass is 9.76. The molecule has 7 heteroatoms. The summed E-state index contributed by atoms with van der Waals surface area (Å²) in [5.74, 6) is -0.975. The number of carbonyl (C=O) groups excluding carboxylic acids is 1. The molecule has 0 radical (unpaired) electrons. The van der Waals surface area contributed by atoms with E-state index in [0.29, 0.717) is 44.4 Å². The average molecular weight is 309 g/mol. The number of rotatable bonds is 6. The highest BCUT2D eigenvalue weighted by molar-refractivity contribution is 5.94. The van der Waals surface area contributed by atoms with Crippen molar-refractivity contribution in [3.8, 4) is 0 Å². The van der Waals surface area contributed by atoms with E-state index in [1.54, 1.807) is 29.9 Å². The molecular formula is C15H23N3O4. The zero-order valence-electron chi connectivity index (χ0n) is 13.1. The van der Waals surface area contributed by atoms with Crippen LogP contribution in [0.15, 0.2) is 12.4 Å². The Hall–Kier alpha value is -1.89. The maximum atomic E-state index is 12.5. The van der Waals surface area contributed by atoms with Crippen molar-refractivity contribution in [3.63, 3.8) is 0 Å². The van der Waals surface area contributed by atoms with Gasteiger partial charge in [0, 0.05) is 40.1 Å². The molecule has 1 aromatic rings. The second kappa shape index (κ2) is 6.91. The number of nitrogens with zero attached hydrogens (tertiary/aromatic N) is 3. The minimum Gasteiger partial charge on any atom is -0.481 e. The second-order valence-electron chi connectivity index (χ2n) is 5.91. The third kappa shape index (κ3) is 3.47. The van der Waals surface area contributed by atoms with E-state index >= 15 is 0 Å². The van der Waals surface area contributed by atoms with Crippen LogP contribution < -0.4 is 0 Å². The number of aliphatic carboxylic acids is 1. The van der Waals surface area contributed by atoms with E-state index in [1.807, 2.05) is 0 Å². The third-order valence-corrected chi connectivity index (χ3v) is 4.27. The van der Waals surface area contributed by atoms with E-state index in [9.17, 15) is 14.7 Å². The van der Waals surface area contributed by atoms with Gasteiger partial charge < -0.3 is 14.7 Å². The molecule has 1 aliphatic rings. The van der Waals surface area contributed by atoms with E-state index in [2.05, 4.69) is 5.10 Å². The molecule has 1 aromatic heterocycles. The Balaban J connectivity index is 2.11. The van der Waals surface area contributed by atoms with Gasteiger partial charge in [0.15, 0.2) is 0 Å². The summed E-state index contributed by atoms with van der Waals surface area (Å²) in [6.45, 7) is 1.37. The van der Waals surface area contributed by atoms with Crippen LogP contribution in [0.4, 0.5) is 0 Å². The molecule has 1 atom stereocenters. The van der Waals surface area contributed by atoms with Crippen LogP contribution in [-0.2, 0) is 16.6 Å². The van der Waals surface area contributed by atoms with Crippen molar-refractivity contribution in [3.05, 3.63) is 18.0 Å². The number of carboxylic acids is 1. The van der Waals surface area contributed by atoms with Crippen LogP contribution in [0, 0.1) is 5.41 Å². The number of carbonyl (C=O) groups is 2. The number of piperidine rings is 1. The molecule has 1 fully saturated rings. The minimum atomic E-state index is -0.866. The van der Waals surface area contributed by atoms with Gasteiger partial charge in [-0.1, -0.05) is 0 Å². The molecule has 1 aliphatic heterocycles. The zero-order chi connectivity index (χ0) is 16.2. The number of carboxylic acid groups (broad SMARTS) is 1. The average Bonchev–Trinajstić information content (AvgIpc) is 2.93. The summed E-state index contributed by atoms with van der Waals surface area (Å²) in [6.07, 6.45) is 5.67. The fraction of sp³-hybridized carbons (Fsp3) is 0.667. The van der Waals surface area contributed by atoms with Crippen molar-refractivity contribution in [1.29, 1.82) is 0 Å². The van der Waals surface area contributed by atoms with Gasteiger partial charge in [-0.05, 0) is 25.7 Å². The third-order valence-electron chi connectivity index (χ3n) is 4.27. The molecular weight excluding hydrogens is 286 g/mol. The van der Waals surface area contributed by atoms with Crippen LogP contribution in [0.2, 0.25) is 0 Å². The van der Waals surface area contributed by atoms with Crippen molar-refractivity contribution in [1.82, 2.24) is 14.7 Å². The molecule has 2 heterocycles. The number of hydrogen-bond donors (Lipinski definition) is 1. The standard InChI is InChI=1S/C15H23N3O4/c1-17-10-12(9-16-17)13(19)18-7-3-5-15(11-18,14(20)21)6-4-8-22-2/h9-10H,3-8,11H2,1-2H3,(H,20,21)/t15-/m1/s1. The molecule has 0 unspecified atom stereocenters. The molecule has 0 saturated carbocycles. The Morgan fingerprint density at radius 2 is 2.27 bits per heavy atom. The van der Waals surface area contributed by atoms with Gasteiger partial charge in [0.05, 0.1) is 17.2 Å². The Morgan fingerprint density at radius 3 is 2.86 bits per heavy atom. The highest BCUT2D eigenvalue weighted by Gasteiger charge is 2.43. The molecule has 2 rings (SSSR count). The van der Waals surface area contributed by atoms with Gasteiger partial charge in [0.1, 0.15) is 0 Å². The number of ether oxygens (including phenoxy) is 1. The molecule has 0 spiro atoms. The van der Waals surface area contributed by atoms with E-state index < -0.39 is 11.4 Å². The van der Waals surface area contributed by atoms with E-state index in [1.165, 1.54) is 6.20 Å². The fourth-order valence-corrected chi connectivity index (χ4v) is 3.06. The van der Waals surface area contributed by atoms with Crippen LogP contribution in [0.1, 0.15) is 36.0 Å². The van der Waals surface area contributed by atoms with Crippen molar-refractivity contribution >= 4 is 11.9 Å². The number of aromatic nitrogens is 2. The predicted octanol–water partition coefficient (Wildman–Crippen LogP) is 1.15. The second-order valence-corrected chi connectivity index (χ2v) is 5.91. The first kappa shape index (κ1) is 16.5. The first-order valence-corrected chi connectivity index (χ1v) is 7.49. The lowest BCUT2D eigenvalue weighted by molar-refractivity contribution is -0.152. The normalized spacial score (nSPS) is 21.8. The number of methoxy groups -OCH3 is 1. The summed E-state index contributed by atoms with van der Waals surface area (Å²) in [5, 5.41) is 13.7. The molecule has 22 heavy (non-hydrogen) atoms. The van der Waals surface area contributed by atoms with Crippen molar-refractivity contribution in [2.75, 3.05) is 26.8 Å². The molecule has 1 amide bonds. The number of amides is 1. The van der Waals surface area contributed by atoms with Gasteiger partial charge in [-0.15, -0.1) is 0 Å². The number of aryl methyl sites for hydroxylation is 1. The van der Waals surface area contributed by atoms with Crippen LogP contribution in [0.25, 0.3) is 0 Å². The topological polar surface area (TPSA) is 84.7 Å². The largest absolute Gasteiger partial charge is 0.481 e. The van der Waals surface area contributed by atoms with Gasteiger partial charge in [-0.2, -0.15) is 5.10 Å². The Labute approximate surface area is 129 Å². The van der Waals surface area contributed by atoms with Gasteiger partial charge in [0.2, 0.25) is 0 Å². The van der Waals surface area contributed by atoms with E-state index in [4.69, 9.17) is 4.74 Å². The molecule has 0 bridgehead atoms. The Bertz CT molecular complexity index is 543. The summed E-state index contributed by atoms with van der Waals surface area (Å²) in [5.41, 5.74) is -0.366. The van der Waals surface area contributed by atoms with Crippen LogP contribution in [-0.4, -0.2) is 58.5 Å². The minimum absolute atomic E-state index is 0.148. The van der Waals surface area contributed by atoms with Gasteiger partial charge in [-0.25, -0.2) is 0 Å². The molecule has 122 valence electrons. The first-order valence-electron chi connectivity index (χ1n) is 7.49. The van der Waals surface area contributed by atoms with Crippen LogP contribution in [0.5, 0.6) is 0 Å². The van der Waals surface area contributed by atoms with E-state index in [0.717, 1.165) is 0 Å². The molecule has 0 aromatic carbocycles. The summed E-state index contributed by atoms with van der Waals surface area (Å²) >= 11 is 0. The highest BCUT2D eigenvalue weighted by atomic mass is 16.5. The highest BCUT2D eigenvalue weighted by Crippen LogP contribution is 2.35. The molecule has 1 saturated heterocycles. The zero-order valence-corrected chi connectivity index (χ0v) is 13.1. The van der Waals surface area contributed by atoms with E-state index in [-0.39, 0.29) is 12.5 Å². The Morgan fingerprint density at radius 1 is 1.50 bits per heavy atom. The number of likely N-dealkylation sites (tertiary alicyclic amines) is 1. The van der Waals surface area contributed by atoms with Gasteiger partial charge >= 0.3 is 5.97 Å². The maximum absolute atomic E-state index is 12.5. The first-order chi connectivity index (χ1) is 10.5. The number of hydrogen-bond acceptors (Lipinski definition) is 4. The summed E-state index contributed by atoms with van der Waals surface area (Å²) in [6, 6.07) is 0. The van der Waals surface area contributed by atoms with Crippen molar-refractivity contribution in [2.45, 2.75) is 25.7 Å². The maximum Gasteiger partial charge on any atom is 0.311 e. The monoisotopic (exact) mass is 309 g/mol. The predicted molar refractivity (Wildman–Crippen MR) is 79.5 cm³/mol. The SMILES string of the molecule is COCCC[C@]1(C(=O)O)CCCN(C(=O)c2cnn(C)c2)C1. The Kier molecular flexibility index (Phi) is 5.18. The molecule has 7 nitrogen and oxygen atoms in total. The quantitative estimate of drug-likeness (QED) is 0.797. The lowest BCUT2D eigenvalue weighted by Gasteiger charge is -2.40.